The minimum absolute atomic E-state index is 0.0726. The molecule has 1 aromatic carbocycles. The Morgan fingerprint density at radius 2 is 1.92 bits per heavy atom. The van der Waals surface area contributed by atoms with E-state index in [0.717, 1.165) is 9.13 Å². The lowest BCUT2D eigenvalue weighted by atomic mass is 10.1. The zero-order chi connectivity index (χ0) is 18.9. The molecule has 0 fully saturated rings. The molecule has 0 spiro atoms. The molecule has 1 heterocycles. The number of carbonyl (C=O) groups is 1. The molecule has 25 heavy (non-hydrogen) atoms. The van der Waals surface area contributed by atoms with Crippen molar-refractivity contribution < 1.29 is 9.18 Å². The van der Waals surface area contributed by atoms with Crippen molar-refractivity contribution in [2.45, 2.75) is 6.54 Å². The van der Waals surface area contributed by atoms with Gasteiger partial charge in [-0.15, -0.1) is 0 Å². The van der Waals surface area contributed by atoms with Crippen LogP contribution in [0.5, 0.6) is 0 Å². The Labute approximate surface area is 148 Å². The molecule has 1 aromatic heterocycles. The van der Waals surface area contributed by atoms with Gasteiger partial charge in [-0.25, -0.2) is 9.18 Å². The van der Waals surface area contributed by atoms with Crippen molar-refractivity contribution in [3.8, 4) is 0 Å². The lowest BCUT2D eigenvalue weighted by molar-refractivity contribution is 0.0940. The molecular formula is C16H18ClFN4O3. The van der Waals surface area contributed by atoms with Crippen molar-refractivity contribution >= 4 is 23.2 Å². The summed E-state index contributed by atoms with van der Waals surface area (Å²) < 4.78 is 15.7. The highest BCUT2D eigenvalue weighted by Gasteiger charge is 2.22. The highest BCUT2D eigenvalue weighted by Crippen LogP contribution is 2.20. The van der Waals surface area contributed by atoms with Crippen molar-refractivity contribution in [3.63, 3.8) is 0 Å². The van der Waals surface area contributed by atoms with E-state index in [9.17, 15) is 18.8 Å². The summed E-state index contributed by atoms with van der Waals surface area (Å²) in [5, 5.41) is 0.247. The Bertz CT molecular complexity index is 931. The van der Waals surface area contributed by atoms with E-state index in [-0.39, 0.29) is 35.1 Å². The summed E-state index contributed by atoms with van der Waals surface area (Å²) in [5.41, 5.74) is 4.36. The predicted octanol–water partition coefficient (Wildman–Crippen LogP) is 0.773. The van der Waals surface area contributed by atoms with Crippen LogP contribution in [0.4, 0.5) is 10.2 Å². The monoisotopic (exact) mass is 368 g/mol. The first-order valence-corrected chi connectivity index (χ1v) is 7.73. The minimum atomic E-state index is -0.761. The molecule has 0 aliphatic heterocycles. The Hall–Kier alpha value is -2.45. The van der Waals surface area contributed by atoms with Gasteiger partial charge < -0.3 is 5.73 Å². The fourth-order valence-corrected chi connectivity index (χ4v) is 2.68. The number of nitrogens with zero attached hydrogens (tertiary/aromatic N) is 3. The minimum Gasteiger partial charge on any atom is -0.384 e. The number of carbonyl (C=O) groups excluding carboxylic acids is 1. The molecule has 2 aromatic rings. The van der Waals surface area contributed by atoms with Gasteiger partial charge in [0.2, 0.25) is 0 Å². The SMILES string of the molecule is CN(CC(=O)c1c(N)n(C)c(=O)n(C)c1=O)Cc1c(F)cccc1Cl. The van der Waals surface area contributed by atoms with Crippen molar-refractivity contribution in [2.75, 3.05) is 19.3 Å². The number of anilines is 1. The third-order valence-electron chi connectivity index (χ3n) is 3.89. The van der Waals surface area contributed by atoms with Crippen molar-refractivity contribution in [3.05, 3.63) is 61.0 Å². The summed E-state index contributed by atoms with van der Waals surface area (Å²) in [6, 6.07) is 4.31. The average Bonchev–Trinajstić information content (AvgIpc) is 2.55. The molecule has 0 amide bonds. The van der Waals surface area contributed by atoms with Gasteiger partial charge in [-0.05, 0) is 19.2 Å². The third-order valence-corrected chi connectivity index (χ3v) is 4.25. The molecule has 2 rings (SSSR count). The molecule has 7 nitrogen and oxygen atoms in total. The molecule has 0 atom stereocenters. The van der Waals surface area contributed by atoms with Gasteiger partial charge in [0, 0.05) is 31.2 Å². The molecule has 0 aliphatic carbocycles. The van der Waals surface area contributed by atoms with E-state index in [1.165, 1.54) is 31.1 Å². The molecule has 9 heteroatoms. The summed E-state index contributed by atoms with van der Waals surface area (Å²) in [6.45, 7) is -0.120. The van der Waals surface area contributed by atoms with Crippen LogP contribution < -0.4 is 17.0 Å². The molecule has 0 saturated heterocycles. The number of likely N-dealkylation sites (N-methyl/N-ethyl adjacent to an activating group) is 1. The molecule has 0 radical (unpaired) electrons. The summed E-state index contributed by atoms with van der Waals surface area (Å²) >= 11 is 5.97. The van der Waals surface area contributed by atoms with E-state index in [1.807, 2.05) is 0 Å². The molecule has 0 aliphatic rings. The highest BCUT2D eigenvalue weighted by molar-refractivity contribution is 6.31. The quantitative estimate of drug-likeness (QED) is 0.787. The topological polar surface area (TPSA) is 90.3 Å². The second-order valence-corrected chi connectivity index (χ2v) is 6.17. The number of ketones is 1. The molecule has 134 valence electrons. The van der Waals surface area contributed by atoms with Gasteiger partial charge in [-0.2, -0.15) is 0 Å². The van der Waals surface area contributed by atoms with Crippen LogP contribution in [0.15, 0.2) is 27.8 Å². The highest BCUT2D eigenvalue weighted by atomic mass is 35.5. The van der Waals surface area contributed by atoms with Gasteiger partial charge in [0.15, 0.2) is 5.78 Å². The van der Waals surface area contributed by atoms with Crippen molar-refractivity contribution in [2.24, 2.45) is 14.1 Å². The van der Waals surface area contributed by atoms with E-state index in [4.69, 9.17) is 17.3 Å². The van der Waals surface area contributed by atoms with Crippen LogP contribution in [-0.4, -0.2) is 33.4 Å². The molecule has 2 N–H and O–H groups in total. The van der Waals surface area contributed by atoms with Crippen LogP contribution in [0.2, 0.25) is 5.02 Å². The van der Waals surface area contributed by atoms with Gasteiger partial charge in [0.25, 0.3) is 5.56 Å². The number of hydrogen-bond donors (Lipinski definition) is 1. The number of rotatable bonds is 5. The maximum absolute atomic E-state index is 13.8. The number of Topliss-reactive ketones (excluding diaryl/α,β-unsaturated/α-hetero) is 1. The number of nitrogen functional groups attached to an aromatic ring is 1. The van der Waals surface area contributed by atoms with Crippen LogP contribution in [0.3, 0.4) is 0 Å². The predicted molar refractivity (Wildman–Crippen MR) is 93.4 cm³/mol. The number of benzene rings is 1. The second kappa shape index (κ2) is 7.20. The summed E-state index contributed by atoms with van der Waals surface area (Å²) in [5.74, 6) is -1.25. The van der Waals surface area contributed by atoms with Crippen LogP contribution in [0, 0.1) is 5.82 Å². The van der Waals surface area contributed by atoms with Crippen LogP contribution in [-0.2, 0) is 20.6 Å². The van der Waals surface area contributed by atoms with Gasteiger partial charge in [-0.3, -0.25) is 23.6 Å². The summed E-state index contributed by atoms with van der Waals surface area (Å²) in [4.78, 5) is 38.0. The maximum Gasteiger partial charge on any atom is 0.332 e. The zero-order valence-corrected chi connectivity index (χ0v) is 14.8. The van der Waals surface area contributed by atoms with Crippen molar-refractivity contribution in [1.29, 1.82) is 0 Å². The van der Waals surface area contributed by atoms with Gasteiger partial charge in [-0.1, -0.05) is 17.7 Å². The Morgan fingerprint density at radius 3 is 2.52 bits per heavy atom. The normalized spacial score (nSPS) is 11.1. The Morgan fingerprint density at radius 1 is 1.28 bits per heavy atom. The Balaban J connectivity index is 2.29. The lowest BCUT2D eigenvalue weighted by Gasteiger charge is -2.18. The van der Waals surface area contributed by atoms with Crippen LogP contribution in [0.1, 0.15) is 15.9 Å². The first kappa shape index (κ1) is 18.9. The fourth-order valence-electron chi connectivity index (χ4n) is 2.46. The van der Waals surface area contributed by atoms with E-state index in [2.05, 4.69) is 0 Å². The summed E-state index contributed by atoms with van der Waals surface area (Å²) in [7, 11) is 4.23. The second-order valence-electron chi connectivity index (χ2n) is 5.76. The van der Waals surface area contributed by atoms with Gasteiger partial charge >= 0.3 is 5.69 Å². The van der Waals surface area contributed by atoms with Gasteiger partial charge in [0.05, 0.1) is 6.54 Å². The first-order valence-electron chi connectivity index (χ1n) is 7.35. The number of halogens is 2. The fraction of sp³-hybridized carbons (Fsp3) is 0.312. The molecule has 0 saturated carbocycles. The van der Waals surface area contributed by atoms with E-state index >= 15 is 0 Å². The molecular weight excluding hydrogens is 351 g/mol. The number of nitrogens with two attached hydrogens (primary N) is 1. The van der Waals surface area contributed by atoms with Crippen LogP contribution >= 0.6 is 11.6 Å². The molecule has 0 unspecified atom stereocenters. The largest absolute Gasteiger partial charge is 0.384 e. The van der Waals surface area contributed by atoms with Crippen LogP contribution in [0.25, 0.3) is 0 Å². The standard InChI is InChI=1S/C16H18ClFN4O3/c1-20(7-9-10(17)5-4-6-11(9)18)8-12(23)13-14(19)21(2)16(25)22(3)15(13)24/h4-6H,7-8,19H2,1-3H3. The maximum atomic E-state index is 13.8. The average molecular weight is 369 g/mol. The van der Waals surface area contributed by atoms with E-state index in [0.29, 0.717) is 0 Å². The number of aromatic nitrogens is 2. The third kappa shape index (κ3) is 3.64. The zero-order valence-electron chi connectivity index (χ0n) is 14.0. The Kier molecular flexibility index (Phi) is 5.44. The number of hydrogen-bond acceptors (Lipinski definition) is 5. The van der Waals surface area contributed by atoms with Crippen molar-refractivity contribution in [1.82, 2.24) is 14.0 Å². The first-order chi connectivity index (χ1) is 11.6. The summed E-state index contributed by atoms with van der Waals surface area (Å²) in [6.07, 6.45) is 0. The van der Waals surface area contributed by atoms with E-state index in [1.54, 1.807) is 13.1 Å². The smallest absolute Gasteiger partial charge is 0.332 e. The van der Waals surface area contributed by atoms with E-state index < -0.39 is 22.8 Å². The van der Waals surface area contributed by atoms with Gasteiger partial charge in [0.1, 0.15) is 17.2 Å². The lowest BCUT2D eigenvalue weighted by Crippen LogP contribution is -2.43. The molecule has 0 bridgehead atoms.